The highest BCUT2D eigenvalue weighted by molar-refractivity contribution is 5.78. The molecule has 234 valence electrons. The van der Waals surface area contributed by atoms with Crippen LogP contribution in [-0.2, 0) is 23.6 Å². The van der Waals surface area contributed by atoms with E-state index in [2.05, 4.69) is 11.0 Å². The molecule has 1 aliphatic carbocycles. The normalized spacial score (nSPS) is 20.5. The van der Waals surface area contributed by atoms with Crippen molar-refractivity contribution >= 4 is 11.9 Å². The van der Waals surface area contributed by atoms with Gasteiger partial charge in [0.2, 0.25) is 0 Å². The summed E-state index contributed by atoms with van der Waals surface area (Å²) in [4.78, 5) is 21.6. The Morgan fingerprint density at radius 2 is 1.61 bits per heavy atom. The molecule has 2 saturated heterocycles. The van der Waals surface area contributed by atoms with Crippen molar-refractivity contribution in [1.29, 1.82) is 0 Å². The van der Waals surface area contributed by atoms with Gasteiger partial charge in [-0.05, 0) is 92.1 Å². The van der Waals surface area contributed by atoms with Crippen LogP contribution in [0.25, 0.3) is 11.1 Å². The number of carbonyl (C=O) groups excluding carboxylic acids is 1. The number of anilines is 1. The molecule has 3 aromatic rings. The molecule has 0 radical (unpaired) electrons. The number of hydrogen-bond acceptors (Lipinski definition) is 5. The van der Waals surface area contributed by atoms with Crippen LogP contribution in [0.3, 0.4) is 0 Å². The first kappa shape index (κ1) is 30.1. The fourth-order valence-electron chi connectivity index (χ4n) is 5.97. The molecule has 0 spiro atoms. The SMILES string of the molecule is COc1ccc(C2CC2)cc1-c1c(C)cc(N2CCC2)nc1CN1C(=O)OC(c2cc(C(F)(F)F)cc(C(F)(F)F)c2)[C@@H]1C. The zero-order valence-electron chi connectivity index (χ0n) is 24.4. The Labute approximate surface area is 250 Å². The molecule has 2 aliphatic heterocycles. The summed E-state index contributed by atoms with van der Waals surface area (Å²) >= 11 is 0. The van der Waals surface area contributed by atoms with Gasteiger partial charge in [0, 0.05) is 24.2 Å². The van der Waals surface area contributed by atoms with Crippen LogP contribution in [0.4, 0.5) is 37.0 Å². The van der Waals surface area contributed by atoms with Gasteiger partial charge in [-0.1, -0.05) is 6.07 Å². The Bertz CT molecular complexity index is 1570. The van der Waals surface area contributed by atoms with E-state index < -0.39 is 41.7 Å². The van der Waals surface area contributed by atoms with Crippen molar-refractivity contribution in [2.45, 2.75) is 70.1 Å². The molecule has 3 aliphatic rings. The van der Waals surface area contributed by atoms with Crippen molar-refractivity contribution in [3.8, 4) is 16.9 Å². The smallest absolute Gasteiger partial charge is 0.416 e. The minimum Gasteiger partial charge on any atom is -0.496 e. The summed E-state index contributed by atoms with van der Waals surface area (Å²) in [6.45, 7) is 5.07. The summed E-state index contributed by atoms with van der Waals surface area (Å²) in [5.41, 5.74) is 0.842. The minimum atomic E-state index is -5.02. The van der Waals surface area contributed by atoms with E-state index in [4.69, 9.17) is 14.5 Å². The number of carbonyl (C=O) groups is 1. The third kappa shape index (κ3) is 5.66. The van der Waals surface area contributed by atoms with Gasteiger partial charge in [-0.2, -0.15) is 26.3 Å². The molecule has 3 heterocycles. The zero-order chi connectivity index (χ0) is 31.6. The summed E-state index contributed by atoms with van der Waals surface area (Å²) in [5, 5.41) is 0. The zero-order valence-corrected chi connectivity index (χ0v) is 24.4. The fourth-order valence-corrected chi connectivity index (χ4v) is 5.97. The summed E-state index contributed by atoms with van der Waals surface area (Å²) < 4.78 is 92.6. The van der Waals surface area contributed by atoms with Gasteiger partial charge >= 0.3 is 18.4 Å². The highest BCUT2D eigenvalue weighted by Gasteiger charge is 2.44. The molecular formula is C32H31F6N3O3. The van der Waals surface area contributed by atoms with Crippen molar-refractivity contribution in [3.63, 3.8) is 0 Å². The van der Waals surface area contributed by atoms with Crippen LogP contribution in [0.15, 0.2) is 42.5 Å². The van der Waals surface area contributed by atoms with Crippen LogP contribution in [0.2, 0.25) is 0 Å². The molecule has 0 N–H and O–H groups in total. The Kier molecular flexibility index (Phi) is 7.44. The van der Waals surface area contributed by atoms with E-state index in [0.717, 1.165) is 60.4 Å². The predicted octanol–water partition coefficient (Wildman–Crippen LogP) is 8.27. The van der Waals surface area contributed by atoms with E-state index in [9.17, 15) is 31.1 Å². The molecule has 1 amide bonds. The molecule has 2 aromatic carbocycles. The third-order valence-corrected chi connectivity index (χ3v) is 8.65. The molecule has 1 saturated carbocycles. The summed E-state index contributed by atoms with van der Waals surface area (Å²) in [6, 6.07) is 8.39. The number of nitrogens with zero attached hydrogens (tertiary/aromatic N) is 3. The number of rotatable bonds is 7. The molecule has 12 heteroatoms. The van der Waals surface area contributed by atoms with Crippen molar-refractivity contribution in [2.24, 2.45) is 0 Å². The van der Waals surface area contributed by atoms with Crippen LogP contribution >= 0.6 is 0 Å². The quantitative estimate of drug-likeness (QED) is 0.249. The molecule has 1 aromatic heterocycles. The van der Waals surface area contributed by atoms with Gasteiger partial charge in [0.1, 0.15) is 17.7 Å². The monoisotopic (exact) mass is 619 g/mol. The first-order valence-electron chi connectivity index (χ1n) is 14.4. The molecule has 0 bridgehead atoms. The maximum atomic E-state index is 13.6. The van der Waals surface area contributed by atoms with Gasteiger partial charge in [-0.3, -0.25) is 4.90 Å². The lowest BCUT2D eigenvalue weighted by molar-refractivity contribution is -0.143. The molecule has 1 unspecified atom stereocenters. The number of pyridine rings is 1. The van der Waals surface area contributed by atoms with E-state index in [-0.39, 0.29) is 18.2 Å². The number of hydrogen-bond donors (Lipinski definition) is 0. The topological polar surface area (TPSA) is 54.9 Å². The van der Waals surface area contributed by atoms with Crippen LogP contribution in [0.5, 0.6) is 5.75 Å². The van der Waals surface area contributed by atoms with Gasteiger partial charge in [0.15, 0.2) is 0 Å². The molecule has 2 atom stereocenters. The first-order valence-corrected chi connectivity index (χ1v) is 14.4. The summed E-state index contributed by atoms with van der Waals surface area (Å²) in [7, 11) is 1.57. The molecule has 6 rings (SSSR count). The first-order chi connectivity index (χ1) is 20.7. The Morgan fingerprint density at radius 1 is 0.955 bits per heavy atom. The molecule has 44 heavy (non-hydrogen) atoms. The maximum absolute atomic E-state index is 13.6. The second-order valence-corrected chi connectivity index (χ2v) is 11.7. The number of ether oxygens (including phenoxy) is 2. The van der Waals surface area contributed by atoms with Crippen molar-refractivity contribution in [1.82, 2.24) is 9.88 Å². The Balaban J connectivity index is 1.40. The summed E-state index contributed by atoms with van der Waals surface area (Å²) in [6.07, 6.45) is -9.06. The highest BCUT2D eigenvalue weighted by atomic mass is 19.4. The predicted molar refractivity (Wildman–Crippen MR) is 150 cm³/mol. The largest absolute Gasteiger partial charge is 0.496 e. The van der Waals surface area contributed by atoms with Crippen molar-refractivity contribution in [2.75, 3.05) is 25.1 Å². The van der Waals surface area contributed by atoms with E-state index >= 15 is 0 Å². The second kappa shape index (κ2) is 10.9. The lowest BCUT2D eigenvalue weighted by Gasteiger charge is -2.33. The Hall–Kier alpha value is -3.96. The molecular weight excluding hydrogens is 588 g/mol. The van der Waals surface area contributed by atoms with Crippen LogP contribution in [0.1, 0.15) is 71.7 Å². The highest BCUT2D eigenvalue weighted by Crippen LogP contribution is 2.46. The van der Waals surface area contributed by atoms with E-state index in [1.54, 1.807) is 14.0 Å². The number of aryl methyl sites for hydroxylation is 1. The van der Waals surface area contributed by atoms with Gasteiger partial charge in [0.05, 0.1) is 36.5 Å². The van der Waals surface area contributed by atoms with Crippen LogP contribution in [-0.4, -0.2) is 42.2 Å². The number of halogens is 6. The average molecular weight is 620 g/mol. The van der Waals surface area contributed by atoms with E-state index in [0.29, 0.717) is 29.5 Å². The van der Waals surface area contributed by atoms with Crippen LogP contribution < -0.4 is 9.64 Å². The molecule has 6 nitrogen and oxygen atoms in total. The number of amides is 1. The second-order valence-electron chi connectivity index (χ2n) is 11.7. The molecule has 3 fully saturated rings. The number of methoxy groups -OCH3 is 1. The van der Waals surface area contributed by atoms with Gasteiger partial charge in [-0.25, -0.2) is 9.78 Å². The summed E-state index contributed by atoms with van der Waals surface area (Å²) in [5.74, 6) is 1.81. The lowest BCUT2D eigenvalue weighted by atomic mass is 9.94. The average Bonchev–Trinajstić information content (AvgIpc) is 3.73. The van der Waals surface area contributed by atoms with Gasteiger partial charge in [0.25, 0.3) is 0 Å². The Morgan fingerprint density at radius 3 is 2.16 bits per heavy atom. The van der Waals surface area contributed by atoms with Gasteiger partial charge < -0.3 is 14.4 Å². The van der Waals surface area contributed by atoms with Crippen molar-refractivity contribution in [3.05, 3.63) is 76.0 Å². The third-order valence-electron chi connectivity index (χ3n) is 8.65. The number of cyclic esters (lactones) is 1. The van der Waals surface area contributed by atoms with Crippen LogP contribution in [0, 0.1) is 6.92 Å². The van der Waals surface area contributed by atoms with E-state index in [1.807, 2.05) is 25.1 Å². The maximum Gasteiger partial charge on any atom is 0.416 e. The number of benzene rings is 2. The van der Waals surface area contributed by atoms with E-state index in [1.165, 1.54) is 4.90 Å². The lowest BCUT2D eigenvalue weighted by Crippen LogP contribution is -2.38. The minimum absolute atomic E-state index is 0.0616. The fraction of sp³-hybridized carbons (Fsp3) is 0.438. The van der Waals surface area contributed by atoms with Crippen molar-refractivity contribution < 1.29 is 40.6 Å². The van der Waals surface area contributed by atoms with Gasteiger partial charge in [-0.15, -0.1) is 0 Å². The number of aromatic nitrogens is 1. The standard InChI is InChI=1S/C32H31F6N3O3/c1-17-11-27(40-9-4-10-40)39-25(28(17)24-14-20(19-5-6-19)7-8-26(24)43-3)16-41-18(2)29(44-30(41)42)21-12-22(31(33,34)35)15-23(13-21)32(36,37)38/h7-8,11-15,18-19,29H,4-6,9-10,16H2,1-3H3/t18-,29?/m0/s1. The number of alkyl halides is 6.